The summed E-state index contributed by atoms with van der Waals surface area (Å²) in [4.78, 5) is 10.7. The maximum Gasteiger partial charge on any atom is 0.142 e. The Morgan fingerprint density at radius 3 is 2.74 bits per heavy atom. The lowest BCUT2D eigenvalue weighted by atomic mass is 10.0. The molecule has 0 aliphatic carbocycles. The number of rotatable bonds is 9. The summed E-state index contributed by atoms with van der Waals surface area (Å²) in [5, 5.41) is 4.34. The van der Waals surface area contributed by atoms with Gasteiger partial charge in [0.25, 0.3) is 0 Å². The van der Waals surface area contributed by atoms with Crippen LogP contribution in [-0.2, 0) is 4.84 Å². The maximum atomic E-state index is 5.70. The molecule has 0 saturated carbocycles. The van der Waals surface area contributed by atoms with Gasteiger partial charge in [-0.25, -0.2) is 0 Å². The van der Waals surface area contributed by atoms with E-state index in [0.29, 0.717) is 0 Å². The second-order valence-corrected chi connectivity index (χ2v) is 8.30. The molecule has 2 aliphatic rings. The second kappa shape index (κ2) is 10.5. The molecule has 0 N–H and O–H groups in total. The third kappa shape index (κ3) is 5.47. The molecular formula is C26H33N3O2. The van der Waals surface area contributed by atoms with Gasteiger partial charge in [0.2, 0.25) is 0 Å². The molecule has 2 aliphatic heterocycles. The fourth-order valence-corrected chi connectivity index (χ4v) is 4.41. The van der Waals surface area contributed by atoms with Gasteiger partial charge >= 0.3 is 0 Å². The molecule has 164 valence electrons. The van der Waals surface area contributed by atoms with E-state index in [1.54, 1.807) is 7.11 Å². The first-order chi connectivity index (χ1) is 15.3. The molecular weight excluding hydrogens is 386 g/mol. The Morgan fingerprint density at radius 2 is 1.94 bits per heavy atom. The standard InChI is InChI=1S/C26H33N3O2/c1-3-21-9-8-10-22(19-21)24-20-23(31-27-24)11-6-7-14-28-15-17-29(18-16-28)25-12-4-5-13-26(25)30-2/h3-5,8-10,12-13,19,23H,1,6-7,11,14-18,20H2,2H3. The van der Waals surface area contributed by atoms with Gasteiger partial charge in [-0.1, -0.05) is 48.1 Å². The van der Waals surface area contributed by atoms with Crippen molar-refractivity contribution in [1.29, 1.82) is 0 Å². The zero-order valence-corrected chi connectivity index (χ0v) is 18.5. The van der Waals surface area contributed by atoms with E-state index in [-0.39, 0.29) is 6.10 Å². The van der Waals surface area contributed by atoms with Crippen molar-refractivity contribution in [2.45, 2.75) is 31.8 Å². The lowest BCUT2D eigenvalue weighted by molar-refractivity contribution is 0.0763. The largest absolute Gasteiger partial charge is 0.495 e. The molecule has 2 heterocycles. The molecule has 0 spiro atoms. The SMILES string of the molecule is C=Cc1cccc(C2=NOC(CCCCN3CCN(c4ccccc4OC)CC3)C2)c1. The Bertz CT molecular complexity index is 903. The van der Waals surface area contributed by atoms with Crippen LogP contribution < -0.4 is 9.64 Å². The van der Waals surface area contributed by atoms with E-state index < -0.39 is 0 Å². The second-order valence-electron chi connectivity index (χ2n) is 8.30. The van der Waals surface area contributed by atoms with Crippen LogP contribution in [0.15, 0.2) is 60.3 Å². The van der Waals surface area contributed by atoms with Crippen molar-refractivity contribution in [3.8, 4) is 5.75 Å². The van der Waals surface area contributed by atoms with Crippen molar-refractivity contribution < 1.29 is 9.57 Å². The summed E-state index contributed by atoms with van der Waals surface area (Å²) in [6.07, 6.45) is 6.42. The minimum atomic E-state index is 0.213. The molecule has 1 fully saturated rings. The topological polar surface area (TPSA) is 37.3 Å². The molecule has 0 amide bonds. The van der Waals surface area contributed by atoms with Crippen LogP contribution in [0.1, 0.15) is 36.8 Å². The van der Waals surface area contributed by atoms with Crippen LogP contribution in [0.25, 0.3) is 6.08 Å². The van der Waals surface area contributed by atoms with E-state index in [2.05, 4.69) is 57.9 Å². The molecule has 0 radical (unpaired) electrons. The van der Waals surface area contributed by atoms with Crippen LogP contribution in [-0.4, -0.2) is 56.5 Å². The molecule has 1 saturated heterocycles. The molecule has 0 bridgehead atoms. The van der Waals surface area contributed by atoms with Crippen LogP contribution in [0.4, 0.5) is 5.69 Å². The third-order valence-corrected chi connectivity index (χ3v) is 6.24. The summed E-state index contributed by atoms with van der Waals surface area (Å²) < 4.78 is 5.52. The molecule has 2 aromatic rings. The highest BCUT2D eigenvalue weighted by Crippen LogP contribution is 2.28. The highest BCUT2D eigenvalue weighted by molar-refractivity contribution is 6.01. The number of anilines is 1. The quantitative estimate of drug-likeness (QED) is 0.546. The predicted octanol–water partition coefficient (Wildman–Crippen LogP) is 4.82. The predicted molar refractivity (Wildman–Crippen MR) is 128 cm³/mol. The van der Waals surface area contributed by atoms with Gasteiger partial charge in [0.15, 0.2) is 0 Å². The highest BCUT2D eigenvalue weighted by atomic mass is 16.6. The number of oxime groups is 1. The van der Waals surface area contributed by atoms with E-state index in [4.69, 9.17) is 9.57 Å². The Balaban J connectivity index is 1.14. The number of para-hydroxylation sites is 2. The first-order valence-electron chi connectivity index (χ1n) is 11.3. The summed E-state index contributed by atoms with van der Waals surface area (Å²) in [7, 11) is 1.75. The summed E-state index contributed by atoms with van der Waals surface area (Å²) >= 11 is 0. The van der Waals surface area contributed by atoms with E-state index >= 15 is 0 Å². The fraction of sp³-hybridized carbons (Fsp3) is 0.423. The van der Waals surface area contributed by atoms with Crippen LogP contribution in [0.2, 0.25) is 0 Å². The minimum Gasteiger partial charge on any atom is -0.495 e. The van der Waals surface area contributed by atoms with Crippen LogP contribution >= 0.6 is 0 Å². The van der Waals surface area contributed by atoms with E-state index in [1.165, 1.54) is 18.5 Å². The van der Waals surface area contributed by atoms with Gasteiger partial charge in [-0.05, 0) is 49.6 Å². The first-order valence-corrected chi connectivity index (χ1v) is 11.3. The Labute approximate surface area is 185 Å². The van der Waals surface area contributed by atoms with Crippen molar-refractivity contribution in [1.82, 2.24) is 4.90 Å². The Kier molecular flexibility index (Phi) is 7.26. The number of methoxy groups -OCH3 is 1. The normalized spacial score (nSPS) is 19.1. The van der Waals surface area contributed by atoms with Crippen molar-refractivity contribution in [2.24, 2.45) is 5.16 Å². The van der Waals surface area contributed by atoms with Gasteiger partial charge in [0.1, 0.15) is 11.9 Å². The number of unbranched alkanes of at least 4 members (excludes halogenated alkanes) is 1. The smallest absolute Gasteiger partial charge is 0.142 e. The van der Waals surface area contributed by atoms with Crippen molar-refractivity contribution >= 4 is 17.5 Å². The fourth-order valence-electron chi connectivity index (χ4n) is 4.41. The van der Waals surface area contributed by atoms with Crippen molar-refractivity contribution in [3.05, 3.63) is 66.2 Å². The van der Waals surface area contributed by atoms with Gasteiger partial charge in [-0.3, -0.25) is 4.90 Å². The summed E-state index contributed by atoms with van der Waals surface area (Å²) in [6.45, 7) is 9.30. The molecule has 0 aromatic heterocycles. The Morgan fingerprint density at radius 1 is 1.10 bits per heavy atom. The zero-order valence-electron chi connectivity index (χ0n) is 18.5. The molecule has 1 unspecified atom stereocenters. The molecule has 5 nitrogen and oxygen atoms in total. The van der Waals surface area contributed by atoms with E-state index in [9.17, 15) is 0 Å². The van der Waals surface area contributed by atoms with E-state index in [1.807, 2.05) is 18.2 Å². The number of nitrogens with zero attached hydrogens (tertiary/aromatic N) is 3. The molecule has 31 heavy (non-hydrogen) atoms. The average molecular weight is 420 g/mol. The number of piperazine rings is 1. The van der Waals surface area contributed by atoms with E-state index in [0.717, 1.165) is 68.2 Å². The summed E-state index contributed by atoms with van der Waals surface area (Å²) in [5.41, 5.74) is 4.53. The summed E-state index contributed by atoms with van der Waals surface area (Å²) in [5.74, 6) is 0.963. The van der Waals surface area contributed by atoms with Crippen molar-refractivity contribution in [3.63, 3.8) is 0 Å². The maximum absolute atomic E-state index is 5.70. The van der Waals surface area contributed by atoms with Crippen LogP contribution in [0.3, 0.4) is 0 Å². The van der Waals surface area contributed by atoms with Crippen molar-refractivity contribution in [2.75, 3.05) is 44.7 Å². The third-order valence-electron chi connectivity index (χ3n) is 6.24. The number of ether oxygens (including phenoxy) is 1. The molecule has 1 atom stereocenters. The number of benzene rings is 2. The number of hydrogen-bond donors (Lipinski definition) is 0. The Hall–Kier alpha value is -2.79. The minimum absolute atomic E-state index is 0.213. The average Bonchev–Trinajstić information content (AvgIpc) is 3.31. The number of hydrogen-bond acceptors (Lipinski definition) is 5. The van der Waals surface area contributed by atoms with Gasteiger partial charge in [0.05, 0.1) is 18.5 Å². The first kappa shape index (κ1) is 21.4. The lowest BCUT2D eigenvalue weighted by Crippen LogP contribution is -2.46. The molecule has 4 rings (SSSR count). The van der Waals surface area contributed by atoms with Gasteiger partial charge in [-0.15, -0.1) is 0 Å². The van der Waals surface area contributed by atoms with Gasteiger partial charge in [-0.2, -0.15) is 0 Å². The van der Waals surface area contributed by atoms with Gasteiger partial charge in [0, 0.05) is 38.2 Å². The lowest BCUT2D eigenvalue weighted by Gasteiger charge is -2.36. The van der Waals surface area contributed by atoms with Crippen LogP contribution in [0.5, 0.6) is 5.75 Å². The molecule has 5 heteroatoms. The zero-order chi connectivity index (χ0) is 21.5. The highest BCUT2D eigenvalue weighted by Gasteiger charge is 2.23. The van der Waals surface area contributed by atoms with Crippen LogP contribution in [0, 0.1) is 0 Å². The monoisotopic (exact) mass is 419 g/mol. The molecule has 2 aromatic carbocycles. The summed E-state index contributed by atoms with van der Waals surface area (Å²) in [6, 6.07) is 16.6. The van der Waals surface area contributed by atoms with Gasteiger partial charge < -0.3 is 14.5 Å².